The minimum atomic E-state index is -0.739. The van der Waals surface area contributed by atoms with Gasteiger partial charge in [0.25, 0.3) is 0 Å². The van der Waals surface area contributed by atoms with Crippen LogP contribution in [0.25, 0.3) is 0 Å². The lowest BCUT2D eigenvalue weighted by Gasteiger charge is -2.21. The quantitative estimate of drug-likeness (QED) is 0.809. The molecule has 0 spiro atoms. The molecule has 0 saturated carbocycles. The van der Waals surface area contributed by atoms with Crippen LogP contribution in [0.1, 0.15) is 19.0 Å². The Hall–Kier alpha value is -1.65. The van der Waals surface area contributed by atoms with E-state index >= 15 is 0 Å². The van der Waals surface area contributed by atoms with Crippen molar-refractivity contribution >= 4 is 11.8 Å². The molecule has 1 fully saturated rings. The molecule has 0 amide bonds. The van der Waals surface area contributed by atoms with Gasteiger partial charge >= 0.3 is 5.97 Å². The Morgan fingerprint density at radius 2 is 2.19 bits per heavy atom. The van der Waals surface area contributed by atoms with Gasteiger partial charge in [-0.05, 0) is 20.3 Å². The van der Waals surface area contributed by atoms with Crippen LogP contribution in [0.15, 0.2) is 12.4 Å². The molecule has 2 rings (SSSR count). The van der Waals surface area contributed by atoms with Gasteiger partial charge in [-0.15, -0.1) is 0 Å². The van der Waals surface area contributed by atoms with Crippen molar-refractivity contribution in [2.24, 2.45) is 5.41 Å². The predicted octanol–water partition coefficient (Wildman–Crippen LogP) is 1.09. The van der Waals surface area contributed by atoms with Crippen LogP contribution in [0.3, 0.4) is 0 Å². The first kappa shape index (κ1) is 10.9. The molecule has 0 bridgehead atoms. The summed E-state index contributed by atoms with van der Waals surface area (Å²) in [5.41, 5.74) is 0.182. The molecule has 5 heteroatoms. The van der Waals surface area contributed by atoms with Crippen LogP contribution in [0.4, 0.5) is 5.82 Å². The van der Waals surface area contributed by atoms with E-state index in [9.17, 15) is 4.79 Å². The topological polar surface area (TPSA) is 66.3 Å². The van der Waals surface area contributed by atoms with E-state index in [4.69, 9.17) is 5.11 Å². The third-order valence-corrected chi connectivity index (χ3v) is 3.14. The number of aromatic nitrogens is 2. The van der Waals surface area contributed by atoms with Gasteiger partial charge in [-0.25, -0.2) is 4.98 Å². The molecule has 0 aliphatic carbocycles. The molecule has 5 nitrogen and oxygen atoms in total. The Labute approximate surface area is 94.1 Å². The molecule has 1 aliphatic rings. The highest BCUT2D eigenvalue weighted by Gasteiger charge is 2.41. The second-order valence-corrected chi connectivity index (χ2v) is 4.50. The highest BCUT2D eigenvalue weighted by molar-refractivity contribution is 5.76. The summed E-state index contributed by atoms with van der Waals surface area (Å²) in [5, 5.41) is 9.14. The molecule has 1 unspecified atom stereocenters. The summed E-state index contributed by atoms with van der Waals surface area (Å²) < 4.78 is 0. The van der Waals surface area contributed by atoms with Gasteiger partial charge in [-0.3, -0.25) is 9.78 Å². The zero-order chi connectivity index (χ0) is 11.8. The van der Waals surface area contributed by atoms with Crippen LogP contribution < -0.4 is 4.90 Å². The maximum Gasteiger partial charge on any atom is 0.311 e. The van der Waals surface area contributed by atoms with Crippen molar-refractivity contribution in [2.45, 2.75) is 20.3 Å². The molecule has 16 heavy (non-hydrogen) atoms. The summed E-state index contributed by atoms with van der Waals surface area (Å²) in [5.74, 6) is 0.0593. The monoisotopic (exact) mass is 221 g/mol. The van der Waals surface area contributed by atoms with Crippen molar-refractivity contribution in [3.8, 4) is 0 Å². The zero-order valence-corrected chi connectivity index (χ0v) is 9.47. The summed E-state index contributed by atoms with van der Waals surface area (Å²) in [6.45, 7) is 4.89. The Bertz CT molecular complexity index is 421. The summed E-state index contributed by atoms with van der Waals surface area (Å²) in [6.07, 6.45) is 3.93. The largest absolute Gasteiger partial charge is 0.481 e. The molecule has 1 aliphatic heterocycles. The van der Waals surface area contributed by atoms with Crippen molar-refractivity contribution in [2.75, 3.05) is 18.0 Å². The lowest BCUT2D eigenvalue weighted by atomic mass is 9.90. The van der Waals surface area contributed by atoms with E-state index < -0.39 is 11.4 Å². The Kier molecular flexibility index (Phi) is 2.53. The molecule has 1 saturated heterocycles. The first-order valence-corrected chi connectivity index (χ1v) is 5.29. The zero-order valence-electron chi connectivity index (χ0n) is 9.47. The summed E-state index contributed by atoms with van der Waals surface area (Å²) in [6, 6.07) is 0. The van der Waals surface area contributed by atoms with Crippen LogP contribution in [0, 0.1) is 12.3 Å². The van der Waals surface area contributed by atoms with Gasteiger partial charge in [0.05, 0.1) is 11.1 Å². The Morgan fingerprint density at radius 3 is 2.75 bits per heavy atom. The highest BCUT2D eigenvalue weighted by Crippen LogP contribution is 2.33. The number of hydrogen-bond donors (Lipinski definition) is 1. The van der Waals surface area contributed by atoms with E-state index in [1.54, 1.807) is 19.3 Å². The number of carboxylic acid groups (broad SMARTS) is 1. The Morgan fingerprint density at radius 1 is 1.50 bits per heavy atom. The van der Waals surface area contributed by atoms with Crippen molar-refractivity contribution in [1.82, 2.24) is 9.97 Å². The van der Waals surface area contributed by atoms with E-state index in [1.165, 1.54) is 0 Å². The van der Waals surface area contributed by atoms with Gasteiger partial charge in [0, 0.05) is 25.5 Å². The number of aliphatic carboxylic acids is 1. The highest BCUT2D eigenvalue weighted by atomic mass is 16.4. The number of hydrogen-bond acceptors (Lipinski definition) is 4. The van der Waals surface area contributed by atoms with Crippen LogP contribution >= 0.6 is 0 Å². The third-order valence-electron chi connectivity index (χ3n) is 3.14. The van der Waals surface area contributed by atoms with Crippen LogP contribution in [0.2, 0.25) is 0 Å². The molecule has 1 atom stereocenters. The van der Waals surface area contributed by atoms with E-state index in [-0.39, 0.29) is 0 Å². The summed E-state index contributed by atoms with van der Waals surface area (Å²) >= 11 is 0. The fraction of sp³-hybridized carbons (Fsp3) is 0.545. The number of nitrogens with zero attached hydrogens (tertiary/aromatic N) is 3. The summed E-state index contributed by atoms with van der Waals surface area (Å²) in [7, 11) is 0. The number of carboxylic acids is 1. The van der Waals surface area contributed by atoms with Crippen molar-refractivity contribution in [3.63, 3.8) is 0 Å². The summed E-state index contributed by atoms with van der Waals surface area (Å²) in [4.78, 5) is 21.5. The molecule has 86 valence electrons. The molecule has 1 N–H and O–H groups in total. The number of anilines is 1. The van der Waals surface area contributed by atoms with Gasteiger partial charge in [-0.2, -0.15) is 0 Å². The Balaban J connectivity index is 2.22. The molecular formula is C11H15N3O2. The maximum atomic E-state index is 11.1. The van der Waals surface area contributed by atoms with Crippen molar-refractivity contribution < 1.29 is 9.90 Å². The van der Waals surface area contributed by atoms with Gasteiger partial charge in [0.15, 0.2) is 0 Å². The van der Waals surface area contributed by atoms with E-state index in [0.29, 0.717) is 13.0 Å². The normalized spacial score (nSPS) is 24.8. The molecule has 0 aromatic carbocycles. The lowest BCUT2D eigenvalue weighted by Crippen LogP contribution is -2.32. The molecular weight excluding hydrogens is 206 g/mol. The maximum absolute atomic E-state index is 11.1. The van der Waals surface area contributed by atoms with Gasteiger partial charge in [0.2, 0.25) is 0 Å². The van der Waals surface area contributed by atoms with E-state index in [2.05, 4.69) is 9.97 Å². The molecule has 2 heterocycles. The second-order valence-electron chi connectivity index (χ2n) is 4.50. The fourth-order valence-electron chi connectivity index (χ4n) is 2.03. The van der Waals surface area contributed by atoms with E-state index in [0.717, 1.165) is 18.1 Å². The number of carbonyl (C=O) groups is 1. The average molecular weight is 221 g/mol. The van der Waals surface area contributed by atoms with Gasteiger partial charge in [-0.1, -0.05) is 0 Å². The number of aryl methyl sites for hydroxylation is 1. The minimum Gasteiger partial charge on any atom is -0.481 e. The first-order valence-electron chi connectivity index (χ1n) is 5.29. The van der Waals surface area contributed by atoms with Gasteiger partial charge in [0.1, 0.15) is 5.82 Å². The minimum absolute atomic E-state index is 0.502. The van der Waals surface area contributed by atoms with E-state index in [1.807, 2.05) is 11.8 Å². The van der Waals surface area contributed by atoms with Gasteiger partial charge < -0.3 is 10.0 Å². The van der Waals surface area contributed by atoms with Crippen molar-refractivity contribution in [1.29, 1.82) is 0 Å². The van der Waals surface area contributed by atoms with Crippen LogP contribution in [-0.4, -0.2) is 34.1 Å². The lowest BCUT2D eigenvalue weighted by molar-refractivity contribution is -0.146. The van der Waals surface area contributed by atoms with Crippen LogP contribution in [0.5, 0.6) is 0 Å². The number of rotatable bonds is 2. The molecule has 1 aromatic rings. The molecule has 1 aromatic heterocycles. The standard InChI is InChI=1S/C11H15N3O2/c1-8-9(13-5-4-12-8)14-6-3-11(2,7-14)10(15)16/h4-5H,3,6-7H2,1-2H3,(H,15,16). The predicted molar refractivity (Wildman–Crippen MR) is 59.3 cm³/mol. The average Bonchev–Trinajstić information content (AvgIpc) is 2.63. The fourth-order valence-corrected chi connectivity index (χ4v) is 2.03. The van der Waals surface area contributed by atoms with Crippen LogP contribution in [-0.2, 0) is 4.79 Å². The molecule has 0 radical (unpaired) electrons. The third kappa shape index (κ3) is 1.73. The first-order chi connectivity index (χ1) is 7.53. The SMILES string of the molecule is Cc1nccnc1N1CCC(C)(C(=O)O)C1. The smallest absolute Gasteiger partial charge is 0.311 e. The second kappa shape index (κ2) is 3.73. The van der Waals surface area contributed by atoms with Crippen molar-refractivity contribution in [3.05, 3.63) is 18.1 Å².